The Balaban J connectivity index is 0.000000139. The SMILES string of the molecule is Brc1ncn(-c2cnccn2)n1.Brc1ncn(-c2cnccn2)n1.Brc1ncn[nH]1.C1CCN(C2COC2)CC1.Cc1cc(Br)cc([N+](=O)[O-])c1.Cc1cc(N)cc(N2CCN(C3COC3)CC2)c1.Cc1cc(N)cc(N2CCN(C3COC3)CC2)c1.Cc1cc(N2CCN(C3COC3)CC2)cc([N+](=O)[O-])c1.Clc1cnccn1. The molecule has 0 atom stereocenters. The number of likely N-dealkylation sites (tertiary alicyclic amines) is 1. The number of piperidine rings is 1. The molecule has 0 bridgehead atoms. The van der Waals surface area contributed by atoms with Crippen LogP contribution in [0.25, 0.3) is 11.6 Å². The largest absolute Gasteiger partial charge is 0.399 e. The third kappa shape index (κ3) is 28.6. The Bertz CT molecular complexity index is 4300. The van der Waals surface area contributed by atoms with Crippen molar-refractivity contribution in [2.45, 2.75) is 71.1 Å². The second-order valence-electron chi connectivity index (χ2n) is 27.5. The van der Waals surface area contributed by atoms with E-state index in [4.69, 9.17) is 42.0 Å². The van der Waals surface area contributed by atoms with Crippen LogP contribution < -0.4 is 26.2 Å². The zero-order chi connectivity index (χ0) is 80.7. The van der Waals surface area contributed by atoms with E-state index >= 15 is 0 Å². The van der Waals surface area contributed by atoms with Crippen molar-refractivity contribution in [2.75, 3.05) is 171 Å². The fraction of sp³-hybridized carbons (Fsp3) is 0.440. The Morgan fingerprint density at radius 3 is 1.08 bits per heavy atom. The third-order valence-electron chi connectivity index (χ3n) is 19.1. The van der Waals surface area contributed by atoms with E-state index in [9.17, 15) is 20.2 Å². The maximum atomic E-state index is 10.9. The number of aromatic amines is 1. The van der Waals surface area contributed by atoms with Crippen LogP contribution in [0.5, 0.6) is 0 Å². The summed E-state index contributed by atoms with van der Waals surface area (Å²) >= 11 is 17.9. The molecule has 0 amide bonds. The summed E-state index contributed by atoms with van der Waals surface area (Å²) in [6, 6.07) is 25.5. The molecule has 8 fully saturated rings. The Morgan fingerprint density at radius 2 is 0.798 bits per heavy atom. The van der Waals surface area contributed by atoms with Gasteiger partial charge in [-0.25, -0.2) is 29.9 Å². The van der Waals surface area contributed by atoms with Gasteiger partial charge in [0.15, 0.2) is 16.4 Å². The molecule has 8 saturated heterocycles. The molecule has 0 aliphatic carbocycles. The van der Waals surface area contributed by atoms with Crippen LogP contribution in [0.2, 0.25) is 5.15 Å². The molecule has 608 valence electrons. The lowest BCUT2D eigenvalue weighted by Gasteiger charge is -2.43. The molecular weight excluding hydrogens is 1750 g/mol. The van der Waals surface area contributed by atoms with Crippen molar-refractivity contribution in [2.24, 2.45) is 0 Å². The predicted molar refractivity (Wildman–Crippen MR) is 450 cm³/mol. The minimum atomic E-state index is -0.405. The number of halogens is 5. The summed E-state index contributed by atoms with van der Waals surface area (Å²) in [4.78, 5) is 72.4. The monoisotopic (exact) mass is 1840 g/mol. The average molecular weight is 1840 g/mol. The van der Waals surface area contributed by atoms with Gasteiger partial charge in [-0.15, -0.1) is 10.2 Å². The summed E-state index contributed by atoms with van der Waals surface area (Å²) < 4.78 is 26.4. The highest BCUT2D eigenvalue weighted by atomic mass is 79.9. The number of non-ortho nitro benzene ring substituents is 2. The van der Waals surface area contributed by atoms with E-state index in [0.29, 0.717) is 49.1 Å². The Labute approximate surface area is 700 Å². The van der Waals surface area contributed by atoms with Crippen LogP contribution in [0, 0.1) is 47.9 Å². The van der Waals surface area contributed by atoms with Crippen molar-refractivity contribution in [1.29, 1.82) is 0 Å². The summed E-state index contributed by atoms with van der Waals surface area (Å²) in [5.74, 6) is 1.30. The van der Waals surface area contributed by atoms with Gasteiger partial charge in [-0.3, -0.25) is 59.9 Å². The van der Waals surface area contributed by atoms with Crippen LogP contribution in [0.15, 0.2) is 166 Å². The number of nitro benzene ring substituents is 2. The lowest BCUT2D eigenvalue weighted by Crippen LogP contribution is -2.56. The van der Waals surface area contributed by atoms with Crippen LogP contribution in [-0.4, -0.2) is 273 Å². The normalized spacial score (nSPS) is 17.3. The van der Waals surface area contributed by atoms with Gasteiger partial charge in [-0.2, -0.15) is 14.5 Å². The van der Waals surface area contributed by atoms with Gasteiger partial charge in [0.2, 0.25) is 9.47 Å². The molecule has 0 spiro atoms. The first kappa shape index (κ1) is 87.6. The summed E-state index contributed by atoms with van der Waals surface area (Å²) in [6.45, 7) is 30.5. The first-order valence-corrected chi connectivity index (χ1v) is 40.7. The minimum Gasteiger partial charge on any atom is -0.399 e. The van der Waals surface area contributed by atoms with Crippen molar-refractivity contribution >= 4 is 115 Å². The van der Waals surface area contributed by atoms with Gasteiger partial charge in [0.1, 0.15) is 24.1 Å². The van der Waals surface area contributed by atoms with Gasteiger partial charge in [0.05, 0.1) is 105 Å². The topological polar surface area (TPSA) is 378 Å². The van der Waals surface area contributed by atoms with E-state index in [0.717, 1.165) is 170 Å². The number of benzene rings is 4. The Kier molecular flexibility index (Phi) is 35.0. The number of aryl methyl sites for hydroxylation is 4. The van der Waals surface area contributed by atoms with E-state index in [1.165, 1.54) is 88.9 Å². The summed E-state index contributed by atoms with van der Waals surface area (Å²) in [5, 5.41) is 35.8. The molecule has 8 aliphatic rings. The lowest BCUT2D eigenvalue weighted by atomic mass is 10.1. The van der Waals surface area contributed by atoms with Gasteiger partial charge in [0, 0.05) is 173 Å². The first-order chi connectivity index (χ1) is 55.1. The number of nitro groups is 2. The molecule has 18 rings (SSSR count). The summed E-state index contributed by atoms with van der Waals surface area (Å²) in [5.41, 5.74) is 21.6. The number of H-pyrrole nitrogens is 1. The zero-order valence-electron chi connectivity index (χ0n) is 63.9. The molecule has 34 nitrogen and oxygen atoms in total. The minimum absolute atomic E-state index is 0.122. The first-order valence-electron chi connectivity index (χ1n) is 37.2. The Morgan fingerprint density at radius 1 is 0.430 bits per heavy atom. The molecular formula is C75H95Br4ClN26O8. The number of nitrogen functional groups attached to an aromatic ring is 2. The standard InChI is InChI=1S/C14H19N3O3.2C14H21N3O.C8H15NO.C7H6BrNO2.2C6H4BrN5.C4H3ClN2.C2H2BrN3/c1-11-6-12(8-13(7-11)17(18)19)15-2-4-16(5-3-15)14-9-20-10-14;2*1-11-6-12(15)8-13(7-11)16-2-4-17(5-3-16)14-9-18-10-14;1-2-4-9(5-3-1)8-6-10-7-8;1-5-2-6(8)4-7(3-5)9(10)11;2*7-6-10-4-12(11-6)5-3-8-1-2-9-5;5-4-3-6-1-2-7-4;3-2-4-1-5-6-2/h6-8,14H,2-5,9-10H2,1H3;2*6-8,14H,2-5,9-10,15H2,1H3;8H,1-7H2;2-4H,1H3;2*1-4H;1-3H;1H,(H,4,5,6). The molecule has 5 N–H and O–H groups in total. The average Bonchev–Trinajstić information content (AvgIpc) is 1.10. The van der Waals surface area contributed by atoms with E-state index in [1.807, 2.05) is 38.1 Å². The lowest BCUT2D eigenvalue weighted by molar-refractivity contribution is -0.385. The smallest absolute Gasteiger partial charge is 0.271 e. The van der Waals surface area contributed by atoms with Crippen molar-refractivity contribution in [1.82, 2.24) is 94.2 Å². The molecule has 114 heavy (non-hydrogen) atoms. The zero-order valence-corrected chi connectivity index (χ0v) is 71.0. The molecule has 4 aromatic carbocycles. The van der Waals surface area contributed by atoms with E-state index < -0.39 is 4.92 Å². The number of hydrogen-bond acceptors (Lipinski definition) is 29. The molecule has 0 radical (unpaired) electrons. The highest BCUT2D eigenvalue weighted by Crippen LogP contribution is 2.29. The van der Waals surface area contributed by atoms with Gasteiger partial charge in [0.25, 0.3) is 11.4 Å². The fourth-order valence-electron chi connectivity index (χ4n) is 12.9. The third-order valence-corrected chi connectivity index (χ3v) is 20.8. The molecule has 8 aliphatic heterocycles. The second-order valence-corrected chi connectivity index (χ2v) is 31.0. The maximum absolute atomic E-state index is 10.9. The van der Waals surface area contributed by atoms with Crippen molar-refractivity contribution in [3.8, 4) is 11.6 Å². The number of nitrogens with two attached hydrogens (primary N) is 2. The molecule has 14 heterocycles. The van der Waals surface area contributed by atoms with Gasteiger partial charge in [-0.1, -0.05) is 34.0 Å². The van der Waals surface area contributed by atoms with Crippen molar-refractivity contribution in [3.63, 3.8) is 0 Å². The summed E-state index contributed by atoms with van der Waals surface area (Å²) in [7, 11) is 0. The van der Waals surface area contributed by atoms with Gasteiger partial charge >= 0.3 is 0 Å². The number of ether oxygens (including phenoxy) is 4. The van der Waals surface area contributed by atoms with Crippen molar-refractivity contribution in [3.05, 3.63) is 214 Å². The van der Waals surface area contributed by atoms with Crippen LogP contribution in [0.3, 0.4) is 0 Å². The summed E-state index contributed by atoms with van der Waals surface area (Å²) in [6.07, 6.45) is 23.0. The number of piperazine rings is 3. The number of rotatable bonds is 11. The van der Waals surface area contributed by atoms with E-state index in [-0.39, 0.29) is 16.3 Å². The van der Waals surface area contributed by atoms with Gasteiger partial charge < -0.3 is 45.1 Å². The van der Waals surface area contributed by atoms with E-state index in [2.05, 4.69) is 201 Å². The number of aromatic nitrogens is 15. The fourth-order valence-corrected chi connectivity index (χ4v) is 14.3. The maximum Gasteiger partial charge on any atom is 0.271 e. The second kappa shape index (κ2) is 45.5. The quantitative estimate of drug-likeness (QED) is 0.0615. The number of anilines is 5. The van der Waals surface area contributed by atoms with Crippen LogP contribution in [0.1, 0.15) is 41.5 Å². The highest BCUT2D eigenvalue weighted by Gasteiger charge is 2.32. The molecule has 6 aromatic heterocycles. The van der Waals surface area contributed by atoms with Crippen LogP contribution in [-0.2, 0) is 18.9 Å². The van der Waals surface area contributed by atoms with Gasteiger partial charge in [-0.05, 0) is 172 Å². The number of hydrogen-bond donors (Lipinski definition) is 3. The van der Waals surface area contributed by atoms with Crippen molar-refractivity contribution < 1.29 is 28.8 Å². The molecule has 0 unspecified atom stereocenters. The Hall–Kier alpha value is -8.77. The van der Waals surface area contributed by atoms with E-state index in [1.54, 1.807) is 74.4 Å². The highest BCUT2D eigenvalue weighted by molar-refractivity contribution is 9.11. The van der Waals surface area contributed by atoms with Crippen LogP contribution in [0.4, 0.5) is 39.8 Å². The molecule has 39 heteroatoms. The number of nitrogens with one attached hydrogen (secondary N) is 1. The molecule has 10 aromatic rings. The molecule has 0 saturated carbocycles. The predicted octanol–water partition coefficient (Wildman–Crippen LogP) is 10.5. The van der Waals surface area contributed by atoms with Crippen LogP contribution >= 0.6 is 75.3 Å². The number of nitrogens with zero attached hydrogens (tertiary/aromatic N) is 23.